The molecule has 0 amide bonds. The van der Waals surface area contributed by atoms with Gasteiger partial charge in [-0.1, -0.05) is 11.6 Å². The molecule has 4 heteroatoms. The second-order valence-electron chi connectivity index (χ2n) is 4.57. The Morgan fingerprint density at radius 2 is 2.24 bits per heavy atom. The third kappa shape index (κ3) is 3.66. The summed E-state index contributed by atoms with van der Waals surface area (Å²) in [5, 5.41) is 12.8. The van der Waals surface area contributed by atoms with Crippen LogP contribution in [0.1, 0.15) is 24.8 Å². The monoisotopic (exact) mass is 257 g/mol. The van der Waals surface area contributed by atoms with Crippen molar-refractivity contribution in [2.45, 2.75) is 31.8 Å². The SMILES string of the molecule is OCCC(NCc1cc(Cl)ccc1F)C1CC1. The number of halogens is 2. The Bertz CT molecular complexity index is 382. The van der Waals surface area contributed by atoms with Crippen LogP contribution in [-0.4, -0.2) is 17.8 Å². The molecule has 2 nitrogen and oxygen atoms in total. The van der Waals surface area contributed by atoms with Gasteiger partial charge < -0.3 is 10.4 Å². The summed E-state index contributed by atoms with van der Waals surface area (Å²) in [5.74, 6) is 0.407. The molecule has 1 fully saturated rings. The molecule has 1 aromatic carbocycles. The summed E-state index contributed by atoms with van der Waals surface area (Å²) < 4.78 is 13.5. The van der Waals surface area contributed by atoms with E-state index >= 15 is 0 Å². The van der Waals surface area contributed by atoms with E-state index < -0.39 is 0 Å². The highest BCUT2D eigenvalue weighted by atomic mass is 35.5. The van der Waals surface area contributed by atoms with E-state index in [0.29, 0.717) is 29.1 Å². The molecule has 0 heterocycles. The van der Waals surface area contributed by atoms with Crippen LogP contribution in [-0.2, 0) is 6.54 Å². The fraction of sp³-hybridized carbons (Fsp3) is 0.538. The van der Waals surface area contributed by atoms with Gasteiger partial charge in [0.1, 0.15) is 5.82 Å². The fourth-order valence-electron chi connectivity index (χ4n) is 2.06. The van der Waals surface area contributed by atoms with E-state index in [2.05, 4.69) is 5.32 Å². The standard InChI is InChI=1S/C13H17ClFNO/c14-11-3-4-12(15)10(7-11)8-16-13(5-6-17)9-1-2-9/h3-4,7,9,13,16-17H,1-2,5-6,8H2. The van der Waals surface area contributed by atoms with Gasteiger partial charge >= 0.3 is 0 Å². The van der Waals surface area contributed by atoms with Gasteiger partial charge in [0.25, 0.3) is 0 Å². The topological polar surface area (TPSA) is 32.3 Å². The van der Waals surface area contributed by atoms with Crippen LogP contribution in [0.15, 0.2) is 18.2 Å². The van der Waals surface area contributed by atoms with Crippen molar-refractivity contribution in [2.24, 2.45) is 5.92 Å². The molecule has 2 N–H and O–H groups in total. The van der Waals surface area contributed by atoms with Gasteiger partial charge in [0, 0.05) is 29.8 Å². The molecule has 0 aliphatic heterocycles. The van der Waals surface area contributed by atoms with Crippen LogP contribution >= 0.6 is 11.6 Å². The lowest BCUT2D eigenvalue weighted by molar-refractivity contribution is 0.255. The lowest BCUT2D eigenvalue weighted by Gasteiger charge is -2.17. The van der Waals surface area contributed by atoms with Crippen molar-refractivity contribution >= 4 is 11.6 Å². The summed E-state index contributed by atoms with van der Waals surface area (Å²) >= 11 is 5.83. The molecule has 17 heavy (non-hydrogen) atoms. The Balaban J connectivity index is 1.93. The lowest BCUT2D eigenvalue weighted by Crippen LogP contribution is -2.31. The second kappa shape index (κ2) is 5.80. The molecule has 1 atom stereocenters. The summed E-state index contributed by atoms with van der Waals surface area (Å²) in [6.45, 7) is 0.639. The van der Waals surface area contributed by atoms with Crippen molar-refractivity contribution in [1.82, 2.24) is 5.32 Å². The number of hydrogen-bond acceptors (Lipinski definition) is 2. The Morgan fingerprint density at radius 1 is 1.47 bits per heavy atom. The van der Waals surface area contributed by atoms with Gasteiger partial charge in [-0.05, 0) is 43.4 Å². The zero-order valence-electron chi connectivity index (χ0n) is 9.63. The predicted octanol–water partition coefficient (Wildman–Crippen LogP) is 2.73. The minimum atomic E-state index is -0.236. The van der Waals surface area contributed by atoms with E-state index in [0.717, 1.165) is 6.42 Å². The van der Waals surface area contributed by atoms with E-state index in [9.17, 15) is 4.39 Å². The van der Waals surface area contributed by atoms with Crippen LogP contribution in [0.5, 0.6) is 0 Å². The summed E-state index contributed by atoms with van der Waals surface area (Å²) in [6, 6.07) is 4.87. The number of aliphatic hydroxyl groups excluding tert-OH is 1. The van der Waals surface area contributed by atoms with Crippen LogP contribution < -0.4 is 5.32 Å². The van der Waals surface area contributed by atoms with Crippen molar-refractivity contribution in [3.63, 3.8) is 0 Å². The van der Waals surface area contributed by atoms with E-state index in [1.165, 1.54) is 18.9 Å². The maximum atomic E-state index is 13.5. The second-order valence-corrected chi connectivity index (χ2v) is 5.01. The third-order valence-electron chi connectivity index (χ3n) is 3.19. The molecule has 2 rings (SSSR count). The Morgan fingerprint density at radius 3 is 2.88 bits per heavy atom. The van der Waals surface area contributed by atoms with E-state index in [1.807, 2.05) is 0 Å². The smallest absolute Gasteiger partial charge is 0.127 e. The molecule has 1 aromatic rings. The molecule has 0 spiro atoms. The van der Waals surface area contributed by atoms with Crippen molar-refractivity contribution in [3.05, 3.63) is 34.6 Å². The van der Waals surface area contributed by atoms with Crippen molar-refractivity contribution in [2.75, 3.05) is 6.61 Å². The highest BCUT2D eigenvalue weighted by Crippen LogP contribution is 2.34. The van der Waals surface area contributed by atoms with Gasteiger partial charge in [0.15, 0.2) is 0 Å². The quantitative estimate of drug-likeness (QED) is 0.821. The zero-order valence-corrected chi connectivity index (χ0v) is 10.4. The average Bonchev–Trinajstić information content (AvgIpc) is 3.12. The number of hydrogen-bond donors (Lipinski definition) is 2. The molecule has 1 aliphatic rings. The summed E-state index contributed by atoms with van der Waals surface area (Å²) in [4.78, 5) is 0. The van der Waals surface area contributed by atoms with Crippen LogP contribution in [0.2, 0.25) is 5.02 Å². The summed E-state index contributed by atoms with van der Waals surface area (Å²) in [5.41, 5.74) is 0.584. The van der Waals surface area contributed by atoms with E-state index in [4.69, 9.17) is 16.7 Å². The fourth-order valence-corrected chi connectivity index (χ4v) is 2.26. The first-order valence-corrected chi connectivity index (χ1v) is 6.36. The zero-order chi connectivity index (χ0) is 12.3. The number of benzene rings is 1. The van der Waals surface area contributed by atoms with Crippen molar-refractivity contribution in [3.8, 4) is 0 Å². The normalized spacial score (nSPS) is 17.1. The molecule has 94 valence electrons. The summed E-state index contributed by atoms with van der Waals surface area (Å²) in [7, 11) is 0. The highest BCUT2D eigenvalue weighted by Gasteiger charge is 2.30. The number of aliphatic hydroxyl groups is 1. The molecule has 0 bridgehead atoms. The van der Waals surface area contributed by atoms with Crippen LogP contribution in [0.4, 0.5) is 4.39 Å². The van der Waals surface area contributed by atoms with Crippen molar-refractivity contribution in [1.29, 1.82) is 0 Å². The molecule has 1 aliphatic carbocycles. The first-order chi connectivity index (χ1) is 8.20. The minimum absolute atomic E-state index is 0.173. The Hall–Kier alpha value is -0.640. The Labute approximate surface area is 106 Å². The first-order valence-electron chi connectivity index (χ1n) is 5.99. The van der Waals surface area contributed by atoms with Crippen molar-refractivity contribution < 1.29 is 9.50 Å². The first kappa shape index (κ1) is 12.8. The third-order valence-corrected chi connectivity index (χ3v) is 3.43. The maximum absolute atomic E-state index is 13.5. The molecule has 0 aromatic heterocycles. The Kier molecular flexibility index (Phi) is 4.37. The van der Waals surface area contributed by atoms with Gasteiger partial charge in [-0.3, -0.25) is 0 Å². The van der Waals surface area contributed by atoms with E-state index in [-0.39, 0.29) is 12.4 Å². The molecule has 0 saturated heterocycles. The van der Waals surface area contributed by atoms with Gasteiger partial charge in [0.05, 0.1) is 0 Å². The molecular formula is C13H17ClFNO. The van der Waals surface area contributed by atoms with Gasteiger partial charge in [-0.25, -0.2) is 4.39 Å². The lowest BCUT2D eigenvalue weighted by atomic mass is 10.1. The van der Waals surface area contributed by atoms with Gasteiger partial charge in [-0.2, -0.15) is 0 Å². The number of nitrogens with one attached hydrogen (secondary N) is 1. The van der Waals surface area contributed by atoms with Gasteiger partial charge in [-0.15, -0.1) is 0 Å². The molecule has 1 saturated carbocycles. The van der Waals surface area contributed by atoms with Crippen LogP contribution in [0.25, 0.3) is 0 Å². The van der Waals surface area contributed by atoms with Crippen LogP contribution in [0, 0.1) is 11.7 Å². The molecule has 0 radical (unpaired) electrons. The van der Waals surface area contributed by atoms with Gasteiger partial charge in [0.2, 0.25) is 0 Å². The summed E-state index contributed by atoms with van der Waals surface area (Å²) in [6.07, 6.45) is 3.14. The predicted molar refractivity (Wildman–Crippen MR) is 66.5 cm³/mol. The van der Waals surface area contributed by atoms with Crippen LogP contribution in [0.3, 0.4) is 0 Å². The van der Waals surface area contributed by atoms with E-state index in [1.54, 1.807) is 12.1 Å². The number of rotatable bonds is 6. The molecular weight excluding hydrogens is 241 g/mol. The minimum Gasteiger partial charge on any atom is -0.396 e. The largest absolute Gasteiger partial charge is 0.396 e. The average molecular weight is 258 g/mol. The molecule has 1 unspecified atom stereocenters. The maximum Gasteiger partial charge on any atom is 0.127 e. The highest BCUT2D eigenvalue weighted by molar-refractivity contribution is 6.30.